The van der Waals surface area contributed by atoms with Gasteiger partial charge in [0, 0.05) is 53.2 Å². The minimum Gasteiger partial charge on any atom is -0.387 e. The van der Waals surface area contributed by atoms with E-state index in [0.29, 0.717) is 10.3 Å². The highest BCUT2D eigenvalue weighted by atomic mass is 32.1. The second-order valence-electron chi connectivity index (χ2n) is 7.74. The number of alkyl halides is 2. The third kappa shape index (κ3) is 3.14. The van der Waals surface area contributed by atoms with E-state index in [-0.39, 0.29) is 18.4 Å². The summed E-state index contributed by atoms with van der Waals surface area (Å²) in [6.45, 7) is 0. The Morgan fingerprint density at radius 2 is 1.97 bits per heavy atom. The SMILES string of the molecule is Cn1ccc2cc(-c3ccc4cc([C@H](O)C5CC(F)(F)C5)sc4n3)ccc2c1=O. The Hall–Kier alpha value is -2.64. The molecule has 0 amide bonds. The lowest BCUT2D eigenvalue weighted by Gasteiger charge is -2.37. The summed E-state index contributed by atoms with van der Waals surface area (Å²) in [6, 6.07) is 13.2. The summed E-state index contributed by atoms with van der Waals surface area (Å²) in [6.07, 6.45) is 0.325. The smallest absolute Gasteiger partial charge is 0.258 e. The molecular formula is C22H18F2N2O2S. The van der Waals surface area contributed by atoms with Crippen molar-refractivity contribution in [1.82, 2.24) is 9.55 Å². The number of aromatic nitrogens is 2. The maximum atomic E-state index is 13.1. The predicted molar refractivity (Wildman–Crippen MR) is 110 cm³/mol. The first-order chi connectivity index (χ1) is 13.8. The molecule has 4 aromatic rings. The zero-order chi connectivity index (χ0) is 20.3. The number of hydrogen-bond acceptors (Lipinski definition) is 4. The van der Waals surface area contributed by atoms with Gasteiger partial charge in [0.05, 0.1) is 11.8 Å². The molecular weight excluding hydrogens is 394 g/mol. The van der Waals surface area contributed by atoms with Crippen molar-refractivity contribution in [1.29, 1.82) is 0 Å². The van der Waals surface area contributed by atoms with Crippen LogP contribution in [-0.2, 0) is 7.05 Å². The lowest BCUT2D eigenvalue weighted by molar-refractivity contribution is -0.141. The summed E-state index contributed by atoms with van der Waals surface area (Å²) < 4.78 is 27.8. The van der Waals surface area contributed by atoms with Gasteiger partial charge in [-0.05, 0) is 41.8 Å². The summed E-state index contributed by atoms with van der Waals surface area (Å²) in [4.78, 5) is 18.4. The molecule has 0 bridgehead atoms. The van der Waals surface area contributed by atoms with Crippen LogP contribution in [0.25, 0.3) is 32.2 Å². The van der Waals surface area contributed by atoms with Crippen LogP contribution in [0.15, 0.2) is 53.5 Å². The molecule has 1 aliphatic carbocycles. The monoisotopic (exact) mass is 412 g/mol. The van der Waals surface area contributed by atoms with E-state index in [1.54, 1.807) is 23.9 Å². The number of aliphatic hydroxyl groups is 1. The summed E-state index contributed by atoms with van der Waals surface area (Å²) in [5, 5.41) is 12.8. The highest BCUT2D eigenvalue weighted by Crippen LogP contribution is 2.49. The molecule has 1 atom stereocenters. The van der Waals surface area contributed by atoms with E-state index in [4.69, 9.17) is 4.98 Å². The molecule has 0 spiro atoms. The molecule has 1 aliphatic rings. The van der Waals surface area contributed by atoms with Crippen LogP contribution in [-0.4, -0.2) is 20.6 Å². The van der Waals surface area contributed by atoms with E-state index in [1.165, 1.54) is 11.3 Å². The Morgan fingerprint density at radius 1 is 1.17 bits per heavy atom. The van der Waals surface area contributed by atoms with Crippen molar-refractivity contribution in [3.63, 3.8) is 0 Å². The molecule has 1 saturated carbocycles. The summed E-state index contributed by atoms with van der Waals surface area (Å²) in [7, 11) is 1.72. The van der Waals surface area contributed by atoms with E-state index in [2.05, 4.69) is 0 Å². The molecule has 1 aromatic carbocycles. The average molecular weight is 412 g/mol. The van der Waals surface area contributed by atoms with Gasteiger partial charge in [-0.2, -0.15) is 0 Å². The minimum atomic E-state index is -2.65. The standard InChI is InChI=1S/C22H18F2N2O2S/c1-26-7-6-12-8-13(2-4-16(12)21(26)28)17-5-3-14-9-18(29-20(14)25-17)19(27)15-10-22(23,24)11-15/h2-9,15,19,27H,10-11H2,1H3/t19-/m1/s1. The van der Waals surface area contributed by atoms with Gasteiger partial charge in [0.1, 0.15) is 4.83 Å². The van der Waals surface area contributed by atoms with Crippen LogP contribution < -0.4 is 5.56 Å². The predicted octanol–water partition coefficient (Wildman–Crippen LogP) is 4.89. The fourth-order valence-corrected chi connectivity index (χ4v) is 5.02. The van der Waals surface area contributed by atoms with Crippen molar-refractivity contribution in [3.8, 4) is 11.3 Å². The van der Waals surface area contributed by atoms with Gasteiger partial charge in [-0.1, -0.05) is 6.07 Å². The molecule has 0 radical (unpaired) electrons. The Balaban J connectivity index is 1.49. The third-order valence-electron chi connectivity index (χ3n) is 5.64. The van der Waals surface area contributed by atoms with Crippen LogP contribution in [0.3, 0.4) is 0 Å². The van der Waals surface area contributed by atoms with E-state index in [9.17, 15) is 18.7 Å². The van der Waals surface area contributed by atoms with Crippen LogP contribution in [0.2, 0.25) is 0 Å². The lowest BCUT2D eigenvalue weighted by atomic mass is 9.77. The van der Waals surface area contributed by atoms with Crippen LogP contribution >= 0.6 is 11.3 Å². The minimum absolute atomic E-state index is 0.0454. The number of aliphatic hydroxyl groups excluding tert-OH is 1. The number of aryl methyl sites for hydroxylation is 1. The van der Waals surface area contributed by atoms with Crippen LogP contribution in [0, 0.1) is 5.92 Å². The number of nitrogens with zero attached hydrogens (tertiary/aromatic N) is 2. The van der Waals surface area contributed by atoms with E-state index >= 15 is 0 Å². The van der Waals surface area contributed by atoms with E-state index in [1.807, 2.05) is 36.4 Å². The Labute approximate surface area is 169 Å². The highest BCUT2D eigenvalue weighted by molar-refractivity contribution is 7.18. The Bertz CT molecular complexity index is 1300. The average Bonchev–Trinajstić information content (AvgIpc) is 3.11. The van der Waals surface area contributed by atoms with Crippen molar-refractivity contribution < 1.29 is 13.9 Å². The fourth-order valence-electron chi connectivity index (χ4n) is 3.91. The molecule has 0 aliphatic heterocycles. The molecule has 0 saturated heterocycles. The zero-order valence-corrected chi connectivity index (χ0v) is 16.4. The Kier molecular flexibility index (Phi) is 4.08. The molecule has 3 heterocycles. The number of thiophene rings is 1. The molecule has 29 heavy (non-hydrogen) atoms. The van der Waals surface area contributed by atoms with Crippen molar-refractivity contribution in [2.45, 2.75) is 24.9 Å². The molecule has 1 N–H and O–H groups in total. The number of fused-ring (bicyclic) bond motifs is 2. The van der Waals surface area contributed by atoms with Crippen LogP contribution in [0.5, 0.6) is 0 Å². The molecule has 0 unspecified atom stereocenters. The fraction of sp³-hybridized carbons (Fsp3) is 0.273. The molecule has 1 fully saturated rings. The van der Waals surface area contributed by atoms with Crippen molar-refractivity contribution in [2.75, 3.05) is 0 Å². The zero-order valence-electron chi connectivity index (χ0n) is 15.6. The summed E-state index contributed by atoms with van der Waals surface area (Å²) in [5.41, 5.74) is 1.61. The topological polar surface area (TPSA) is 55.1 Å². The third-order valence-corrected chi connectivity index (χ3v) is 6.75. The number of rotatable bonds is 3. The van der Waals surface area contributed by atoms with Gasteiger partial charge in [-0.15, -0.1) is 11.3 Å². The highest BCUT2D eigenvalue weighted by Gasteiger charge is 2.48. The molecule has 4 nitrogen and oxygen atoms in total. The summed E-state index contributed by atoms with van der Waals surface area (Å²) in [5.74, 6) is -3.05. The first-order valence-electron chi connectivity index (χ1n) is 9.37. The molecule has 5 rings (SSSR count). The number of benzene rings is 1. The van der Waals surface area contributed by atoms with E-state index < -0.39 is 17.9 Å². The van der Waals surface area contributed by atoms with Gasteiger partial charge in [-0.25, -0.2) is 13.8 Å². The molecule has 148 valence electrons. The van der Waals surface area contributed by atoms with Crippen molar-refractivity contribution >= 4 is 32.3 Å². The quantitative estimate of drug-likeness (QED) is 0.521. The Morgan fingerprint density at radius 3 is 2.72 bits per heavy atom. The second-order valence-corrected chi connectivity index (χ2v) is 8.80. The van der Waals surface area contributed by atoms with Crippen LogP contribution in [0.1, 0.15) is 23.8 Å². The number of halogens is 2. The largest absolute Gasteiger partial charge is 0.387 e. The van der Waals surface area contributed by atoms with Crippen molar-refractivity contribution in [3.05, 3.63) is 63.9 Å². The number of hydrogen-bond donors (Lipinski definition) is 1. The molecule has 7 heteroatoms. The van der Waals surface area contributed by atoms with E-state index in [0.717, 1.165) is 26.9 Å². The van der Waals surface area contributed by atoms with Gasteiger partial charge < -0.3 is 9.67 Å². The van der Waals surface area contributed by atoms with Gasteiger partial charge in [0.2, 0.25) is 5.92 Å². The normalized spacial score (nSPS) is 17.5. The van der Waals surface area contributed by atoms with Crippen molar-refractivity contribution in [2.24, 2.45) is 13.0 Å². The first kappa shape index (κ1) is 18.4. The number of pyridine rings is 2. The van der Waals surface area contributed by atoms with Gasteiger partial charge >= 0.3 is 0 Å². The lowest BCUT2D eigenvalue weighted by Crippen LogP contribution is -2.38. The maximum absolute atomic E-state index is 13.1. The summed E-state index contributed by atoms with van der Waals surface area (Å²) >= 11 is 1.34. The first-order valence-corrected chi connectivity index (χ1v) is 10.2. The van der Waals surface area contributed by atoms with Gasteiger partial charge in [0.15, 0.2) is 0 Å². The van der Waals surface area contributed by atoms with Gasteiger partial charge in [0.25, 0.3) is 5.56 Å². The maximum Gasteiger partial charge on any atom is 0.258 e. The molecule has 3 aromatic heterocycles. The second kappa shape index (κ2) is 6.43. The van der Waals surface area contributed by atoms with Crippen LogP contribution in [0.4, 0.5) is 8.78 Å². The van der Waals surface area contributed by atoms with Gasteiger partial charge in [-0.3, -0.25) is 4.79 Å².